The molecule has 1 aliphatic carbocycles. The van der Waals surface area contributed by atoms with Gasteiger partial charge in [0.1, 0.15) is 18.0 Å². The largest absolute Gasteiger partial charge is 0.488 e. The molecule has 0 aromatic heterocycles. The van der Waals surface area contributed by atoms with Gasteiger partial charge in [0, 0.05) is 19.1 Å². The molecule has 0 aliphatic heterocycles. The summed E-state index contributed by atoms with van der Waals surface area (Å²) in [5.74, 6) is 0.906. The van der Waals surface area contributed by atoms with Gasteiger partial charge in [-0.15, -0.1) is 0 Å². The molecule has 0 bridgehead atoms. The summed E-state index contributed by atoms with van der Waals surface area (Å²) >= 11 is 0. The molecule has 0 amide bonds. The maximum Gasteiger partial charge on any atom is 0.128 e. The quantitative estimate of drug-likeness (QED) is 0.850. The number of hydrogen-bond donors (Lipinski definition) is 1. The van der Waals surface area contributed by atoms with Crippen LogP contribution in [0.4, 0.5) is 0 Å². The third kappa shape index (κ3) is 2.79. The summed E-state index contributed by atoms with van der Waals surface area (Å²) in [4.78, 5) is 0. The molecule has 3 unspecified atom stereocenters. The van der Waals surface area contributed by atoms with Gasteiger partial charge >= 0.3 is 0 Å². The van der Waals surface area contributed by atoms with Crippen LogP contribution in [0.5, 0.6) is 5.75 Å². The van der Waals surface area contributed by atoms with E-state index < -0.39 is 0 Å². The van der Waals surface area contributed by atoms with Crippen LogP contribution >= 0.6 is 0 Å². The normalized spacial score (nSPS) is 27.6. The zero-order chi connectivity index (χ0) is 12.3. The lowest BCUT2D eigenvalue weighted by molar-refractivity contribution is -0.0945. The Kier molecular flexibility index (Phi) is 4.02. The highest BCUT2D eigenvalue weighted by Gasteiger charge is 2.41. The van der Waals surface area contributed by atoms with Crippen LogP contribution in [0, 0.1) is 0 Å². The average molecular weight is 235 g/mol. The zero-order valence-electron chi connectivity index (χ0n) is 10.6. The van der Waals surface area contributed by atoms with Crippen molar-refractivity contribution in [3.8, 4) is 5.75 Å². The second-order valence-electron chi connectivity index (χ2n) is 4.47. The maximum absolute atomic E-state index is 5.89. The molecule has 1 fully saturated rings. The molecule has 17 heavy (non-hydrogen) atoms. The molecule has 0 saturated heterocycles. The molecule has 94 valence electrons. The van der Waals surface area contributed by atoms with Gasteiger partial charge in [0.15, 0.2) is 0 Å². The van der Waals surface area contributed by atoms with Crippen molar-refractivity contribution in [2.24, 2.45) is 5.73 Å². The topological polar surface area (TPSA) is 44.5 Å². The van der Waals surface area contributed by atoms with E-state index in [0.29, 0.717) is 6.61 Å². The molecule has 0 spiro atoms. The Morgan fingerprint density at radius 3 is 2.47 bits per heavy atom. The van der Waals surface area contributed by atoms with Gasteiger partial charge in [-0.1, -0.05) is 19.1 Å². The van der Waals surface area contributed by atoms with Gasteiger partial charge in [-0.25, -0.2) is 0 Å². The Hall–Kier alpha value is -1.06. The second kappa shape index (κ2) is 5.52. The minimum atomic E-state index is 0.0471. The van der Waals surface area contributed by atoms with E-state index in [9.17, 15) is 0 Å². The van der Waals surface area contributed by atoms with Crippen molar-refractivity contribution in [2.45, 2.75) is 44.9 Å². The van der Waals surface area contributed by atoms with E-state index in [2.05, 4.69) is 19.1 Å². The average Bonchev–Trinajstić information content (AvgIpc) is 2.36. The van der Waals surface area contributed by atoms with E-state index in [1.54, 1.807) is 0 Å². The lowest BCUT2D eigenvalue weighted by atomic mass is 9.86. The van der Waals surface area contributed by atoms with Crippen LogP contribution in [0.2, 0.25) is 0 Å². The maximum atomic E-state index is 5.89. The van der Waals surface area contributed by atoms with Crippen LogP contribution in [-0.2, 0) is 11.2 Å². The van der Waals surface area contributed by atoms with Crippen molar-refractivity contribution in [1.82, 2.24) is 0 Å². The van der Waals surface area contributed by atoms with E-state index >= 15 is 0 Å². The minimum absolute atomic E-state index is 0.0471. The van der Waals surface area contributed by atoms with Crippen molar-refractivity contribution in [3.05, 3.63) is 29.8 Å². The highest BCUT2D eigenvalue weighted by atomic mass is 16.5. The zero-order valence-corrected chi connectivity index (χ0v) is 10.6. The predicted octanol–water partition coefficient (Wildman–Crippen LogP) is 2.13. The van der Waals surface area contributed by atoms with Crippen LogP contribution < -0.4 is 10.5 Å². The Labute approximate surface area is 103 Å². The molecule has 3 atom stereocenters. The number of benzene rings is 1. The van der Waals surface area contributed by atoms with Crippen LogP contribution in [0.25, 0.3) is 0 Å². The van der Waals surface area contributed by atoms with Gasteiger partial charge in [-0.05, 0) is 31.0 Å². The van der Waals surface area contributed by atoms with Gasteiger partial charge in [0.05, 0.1) is 0 Å². The summed E-state index contributed by atoms with van der Waals surface area (Å²) in [6.07, 6.45) is 2.08. The molecular formula is C14H21NO2. The van der Waals surface area contributed by atoms with E-state index in [1.165, 1.54) is 5.56 Å². The summed E-state index contributed by atoms with van der Waals surface area (Å²) in [7, 11) is 0. The van der Waals surface area contributed by atoms with Gasteiger partial charge in [-0.3, -0.25) is 0 Å². The Bertz CT molecular complexity index is 350. The van der Waals surface area contributed by atoms with E-state index in [1.807, 2.05) is 19.1 Å². The number of ether oxygens (including phenoxy) is 2. The summed E-state index contributed by atoms with van der Waals surface area (Å²) in [5, 5.41) is 0. The lowest BCUT2D eigenvalue weighted by Gasteiger charge is -2.41. The first-order valence-electron chi connectivity index (χ1n) is 6.37. The van der Waals surface area contributed by atoms with Gasteiger partial charge < -0.3 is 15.2 Å². The van der Waals surface area contributed by atoms with Crippen LogP contribution in [0.15, 0.2) is 24.3 Å². The molecule has 1 aliphatic rings. The molecule has 1 aromatic carbocycles. The minimum Gasteiger partial charge on any atom is -0.488 e. The number of hydrogen-bond acceptors (Lipinski definition) is 3. The van der Waals surface area contributed by atoms with Crippen molar-refractivity contribution in [3.63, 3.8) is 0 Å². The third-order valence-corrected chi connectivity index (χ3v) is 3.27. The summed E-state index contributed by atoms with van der Waals surface area (Å²) in [5.41, 5.74) is 7.22. The molecule has 3 heteroatoms. The molecule has 1 aromatic rings. The third-order valence-electron chi connectivity index (χ3n) is 3.27. The van der Waals surface area contributed by atoms with E-state index in [0.717, 1.165) is 18.6 Å². The van der Waals surface area contributed by atoms with Crippen molar-refractivity contribution in [1.29, 1.82) is 0 Å². The van der Waals surface area contributed by atoms with Crippen molar-refractivity contribution in [2.75, 3.05) is 6.61 Å². The number of nitrogens with two attached hydrogens (primary N) is 1. The monoisotopic (exact) mass is 235 g/mol. The molecule has 2 rings (SSSR count). The highest BCUT2D eigenvalue weighted by molar-refractivity contribution is 5.27. The van der Waals surface area contributed by atoms with Gasteiger partial charge in [0.2, 0.25) is 0 Å². The first-order chi connectivity index (χ1) is 8.24. The standard InChI is InChI=1S/C14H21NO2/c1-3-10-5-7-11(8-6-10)17-13-9-12(15)14(13)16-4-2/h5-8,12-14H,3-4,9,15H2,1-2H3. The molecule has 2 N–H and O–H groups in total. The molecule has 3 nitrogen and oxygen atoms in total. The van der Waals surface area contributed by atoms with Crippen LogP contribution in [0.3, 0.4) is 0 Å². The molecule has 0 radical (unpaired) electrons. The number of aryl methyl sites for hydroxylation is 1. The fraction of sp³-hybridized carbons (Fsp3) is 0.571. The van der Waals surface area contributed by atoms with Gasteiger partial charge in [-0.2, -0.15) is 0 Å². The van der Waals surface area contributed by atoms with E-state index in [4.69, 9.17) is 15.2 Å². The number of rotatable bonds is 5. The molecule has 0 heterocycles. The fourth-order valence-electron chi connectivity index (χ4n) is 2.13. The highest BCUT2D eigenvalue weighted by Crippen LogP contribution is 2.27. The molecule has 1 saturated carbocycles. The summed E-state index contributed by atoms with van der Waals surface area (Å²) < 4.78 is 11.5. The van der Waals surface area contributed by atoms with Crippen molar-refractivity contribution >= 4 is 0 Å². The Morgan fingerprint density at radius 2 is 1.94 bits per heavy atom. The first kappa shape index (κ1) is 12.4. The SMILES string of the molecule is CCOC1C(N)CC1Oc1ccc(CC)cc1. The molecular weight excluding hydrogens is 214 g/mol. The van der Waals surface area contributed by atoms with Crippen molar-refractivity contribution < 1.29 is 9.47 Å². The fourth-order valence-corrected chi connectivity index (χ4v) is 2.13. The smallest absolute Gasteiger partial charge is 0.128 e. The Balaban J connectivity index is 1.92. The van der Waals surface area contributed by atoms with Gasteiger partial charge in [0.25, 0.3) is 0 Å². The summed E-state index contributed by atoms with van der Waals surface area (Å²) in [6.45, 7) is 4.82. The summed E-state index contributed by atoms with van der Waals surface area (Å²) in [6, 6.07) is 8.36. The van der Waals surface area contributed by atoms with Crippen LogP contribution in [-0.4, -0.2) is 24.9 Å². The lowest BCUT2D eigenvalue weighted by Crippen LogP contribution is -2.59. The Morgan fingerprint density at radius 1 is 1.24 bits per heavy atom. The van der Waals surface area contributed by atoms with E-state index in [-0.39, 0.29) is 18.2 Å². The predicted molar refractivity (Wildman–Crippen MR) is 68.2 cm³/mol. The first-order valence-corrected chi connectivity index (χ1v) is 6.37. The van der Waals surface area contributed by atoms with Crippen LogP contribution in [0.1, 0.15) is 25.8 Å². The second-order valence-corrected chi connectivity index (χ2v) is 4.47.